The van der Waals surface area contributed by atoms with Gasteiger partial charge >= 0.3 is 5.97 Å². The predicted molar refractivity (Wildman–Crippen MR) is 55.5 cm³/mol. The SMILES string of the molecule is COC(=O)[C@H](N)c1ccc(Cl)s1.Cl. The average Bonchev–Trinajstić information content (AvgIpc) is 2.49. The molecule has 13 heavy (non-hydrogen) atoms. The fraction of sp³-hybridized carbons (Fsp3) is 0.286. The zero-order chi connectivity index (χ0) is 9.14. The van der Waals surface area contributed by atoms with Gasteiger partial charge < -0.3 is 10.5 Å². The van der Waals surface area contributed by atoms with Crippen LogP contribution < -0.4 is 5.73 Å². The first-order valence-corrected chi connectivity index (χ1v) is 4.43. The molecule has 0 bridgehead atoms. The Morgan fingerprint density at radius 2 is 2.31 bits per heavy atom. The molecule has 74 valence electrons. The van der Waals surface area contributed by atoms with Gasteiger partial charge in [0.1, 0.15) is 6.04 Å². The molecule has 1 aromatic rings. The monoisotopic (exact) mass is 241 g/mol. The Morgan fingerprint density at radius 1 is 1.69 bits per heavy atom. The second kappa shape index (κ2) is 5.44. The number of carbonyl (C=O) groups excluding carboxylic acids is 1. The number of methoxy groups -OCH3 is 1. The Kier molecular flexibility index (Phi) is 5.32. The molecular formula is C7H9Cl2NO2S. The summed E-state index contributed by atoms with van der Waals surface area (Å²) in [6.45, 7) is 0. The van der Waals surface area contributed by atoms with Crippen LogP contribution in [-0.4, -0.2) is 13.1 Å². The molecule has 0 spiro atoms. The molecule has 0 aliphatic rings. The normalized spacial score (nSPS) is 11.6. The zero-order valence-electron chi connectivity index (χ0n) is 6.82. The van der Waals surface area contributed by atoms with Gasteiger partial charge in [0.25, 0.3) is 0 Å². The molecule has 0 radical (unpaired) electrons. The highest BCUT2D eigenvalue weighted by atomic mass is 35.5. The van der Waals surface area contributed by atoms with Crippen LogP contribution in [0.1, 0.15) is 10.9 Å². The number of esters is 1. The molecule has 0 saturated carbocycles. The largest absolute Gasteiger partial charge is 0.468 e. The van der Waals surface area contributed by atoms with Crippen LogP contribution in [0.25, 0.3) is 0 Å². The molecule has 2 N–H and O–H groups in total. The highest BCUT2D eigenvalue weighted by molar-refractivity contribution is 7.16. The molecule has 0 amide bonds. The topological polar surface area (TPSA) is 52.3 Å². The van der Waals surface area contributed by atoms with E-state index >= 15 is 0 Å². The Bertz CT molecular complexity index is 290. The van der Waals surface area contributed by atoms with Gasteiger partial charge in [-0.15, -0.1) is 23.7 Å². The quantitative estimate of drug-likeness (QED) is 0.807. The average molecular weight is 242 g/mol. The van der Waals surface area contributed by atoms with Crippen molar-refractivity contribution in [2.45, 2.75) is 6.04 Å². The molecule has 3 nitrogen and oxygen atoms in total. The molecule has 1 heterocycles. The van der Waals surface area contributed by atoms with Crippen molar-refractivity contribution in [1.29, 1.82) is 0 Å². The number of halogens is 2. The van der Waals surface area contributed by atoms with Crippen molar-refractivity contribution in [2.75, 3.05) is 7.11 Å². The van der Waals surface area contributed by atoms with Gasteiger partial charge in [0.05, 0.1) is 11.4 Å². The van der Waals surface area contributed by atoms with E-state index < -0.39 is 12.0 Å². The van der Waals surface area contributed by atoms with E-state index in [1.165, 1.54) is 18.4 Å². The van der Waals surface area contributed by atoms with Crippen LogP contribution in [-0.2, 0) is 9.53 Å². The Morgan fingerprint density at radius 3 is 2.69 bits per heavy atom. The summed E-state index contributed by atoms with van der Waals surface area (Å²) in [5, 5.41) is 0. The molecule has 1 aromatic heterocycles. The summed E-state index contributed by atoms with van der Waals surface area (Å²) >= 11 is 6.94. The molecule has 0 saturated heterocycles. The van der Waals surface area contributed by atoms with Crippen LogP contribution in [0.5, 0.6) is 0 Å². The Hall–Kier alpha value is -0.290. The van der Waals surface area contributed by atoms with Gasteiger partial charge in [-0.25, -0.2) is 4.79 Å². The molecule has 0 aromatic carbocycles. The highest BCUT2D eigenvalue weighted by Gasteiger charge is 2.17. The summed E-state index contributed by atoms with van der Waals surface area (Å²) < 4.78 is 5.09. The lowest BCUT2D eigenvalue weighted by Crippen LogP contribution is -2.21. The van der Waals surface area contributed by atoms with E-state index in [-0.39, 0.29) is 12.4 Å². The van der Waals surface area contributed by atoms with Crippen molar-refractivity contribution in [3.8, 4) is 0 Å². The number of carbonyl (C=O) groups is 1. The fourth-order valence-corrected chi connectivity index (χ4v) is 1.79. The number of hydrogen-bond acceptors (Lipinski definition) is 4. The summed E-state index contributed by atoms with van der Waals surface area (Å²) in [5.41, 5.74) is 5.54. The van der Waals surface area contributed by atoms with Crippen LogP contribution in [0.4, 0.5) is 0 Å². The highest BCUT2D eigenvalue weighted by Crippen LogP contribution is 2.26. The lowest BCUT2D eigenvalue weighted by Gasteiger charge is -2.05. The van der Waals surface area contributed by atoms with Crippen LogP contribution in [0.3, 0.4) is 0 Å². The van der Waals surface area contributed by atoms with Gasteiger partial charge in [0.2, 0.25) is 0 Å². The zero-order valence-corrected chi connectivity index (χ0v) is 9.21. The van der Waals surface area contributed by atoms with Crippen molar-refractivity contribution in [3.63, 3.8) is 0 Å². The van der Waals surface area contributed by atoms with E-state index in [1.807, 2.05) is 0 Å². The first-order valence-electron chi connectivity index (χ1n) is 3.24. The van der Waals surface area contributed by atoms with Gasteiger partial charge in [-0.05, 0) is 12.1 Å². The van der Waals surface area contributed by atoms with Crippen molar-refractivity contribution in [1.82, 2.24) is 0 Å². The van der Waals surface area contributed by atoms with Gasteiger partial charge in [-0.2, -0.15) is 0 Å². The minimum absolute atomic E-state index is 0. The van der Waals surface area contributed by atoms with Gasteiger partial charge in [0.15, 0.2) is 0 Å². The first-order chi connectivity index (χ1) is 5.65. The molecule has 1 rings (SSSR count). The summed E-state index contributed by atoms with van der Waals surface area (Å²) in [6, 6.07) is 2.70. The van der Waals surface area contributed by atoms with E-state index in [9.17, 15) is 4.79 Å². The van der Waals surface area contributed by atoms with E-state index in [0.717, 1.165) is 0 Å². The second-order valence-electron chi connectivity index (χ2n) is 2.14. The molecular weight excluding hydrogens is 233 g/mol. The van der Waals surface area contributed by atoms with Crippen molar-refractivity contribution >= 4 is 41.3 Å². The number of thiophene rings is 1. The summed E-state index contributed by atoms with van der Waals surface area (Å²) in [7, 11) is 1.30. The van der Waals surface area contributed by atoms with Gasteiger partial charge in [-0.3, -0.25) is 0 Å². The van der Waals surface area contributed by atoms with E-state index in [4.69, 9.17) is 17.3 Å². The lowest BCUT2D eigenvalue weighted by atomic mass is 10.3. The number of nitrogens with two attached hydrogens (primary N) is 1. The summed E-state index contributed by atoms with van der Waals surface area (Å²) in [5.74, 6) is -0.450. The Balaban J connectivity index is 0.00000144. The van der Waals surface area contributed by atoms with Crippen LogP contribution >= 0.6 is 35.3 Å². The minimum Gasteiger partial charge on any atom is -0.468 e. The Labute approximate surface area is 91.2 Å². The molecule has 0 aliphatic carbocycles. The first kappa shape index (κ1) is 12.7. The van der Waals surface area contributed by atoms with Crippen LogP contribution in [0, 0.1) is 0 Å². The molecule has 1 atom stereocenters. The van der Waals surface area contributed by atoms with Gasteiger partial charge in [0, 0.05) is 4.88 Å². The standard InChI is InChI=1S/C7H8ClNO2S.ClH/c1-11-7(10)6(9)4-2-3-5(8)12-4;/h2-3,6H,9H2,1H3;1H/t6-;/m1./s1. The van der Waals surface area contributed by atoms with Crippen LogP contribution in [0.15, 0.2) is 12.1 Å². The maximum absolute atomic E-state index is 10.9. The minimum atomic E-state index is -0.715. The predicted octanol–water partition coefficient (Wildman–Crippen LogP) is 2.00. The molecule has 0 unspecified atom stereocenters. The summed E-state index contributed by atoms with van der Waals surface area (Å²) in [4.78, 5) is 11.7. The van der Waals surface area contributed by atoms with Crippen LogP contribution in [0.2, 0.25) is 4.34 Å². The lowest BCUT2D eigenvalue weighted by molar-refractivity contribution is -0.142. The van der Waals surface area contributed by atoms with E-state index in [1.54, 1.807) is 12.1 Å². The molecule has 0 aliphatic heterocycles. The smallest absolute Gasteiger partial charge is 0.328 e. The van der Waals surface area contributed by atoms with Crippen molar-refractivity contribution < 1.29 is 9.53 Å². The maximum atomic E-state index is 10.9. The second-order valence-corrected chi connectivity index (χ2v) is 3.89. The fourth-order valence-electron chi connectivity index (χ4n) is 0.739. The third-order valence-electron chi connectivity index (χ3n) is 1.36. The number of ether oxygens (including phenoxy) is 1. The van der Waals surface area contributed by atoms with Gasteiger partial charge in [-0.1, -0.05) is 11.6 Å². The van der Waals surface area contributed by atoms with Crippen molar-refractivity contribution in [2.24, 2.45) is 5.73 Å². The number of hydrogen-bond donors (Lipinski definition) is 1. The van der Waals surface area contributed by atoms with E-state index in [2.05, 4.69) is 4.74 Å². The summed E-state index contributed by atoms with van der Waals surface area (Å²) in [6.07, 6.45) is 0. The number of rotatable bonds is 2. The maximum Gasteiger partial charge on any atom is 0.328 e. The third kappa shape index (κ3) is 3.15. The van der Waals surface area contributed by atoms with E-state index in [0.29, 0.717) is 9.21 Å². The van der Waals surface area contributed by atoms with Crippen molar-refractivity contribution in [3.05, 3.63) is 21.3 Å². The molecule has 6 heteroatoms. The third-order valence-corrected chi connectivity index (χ3v) is 2.67. The molecule has 0 fully saturated rings.